The summed E-state index contributed by atoms with van der Waals surface area (Å²) in [4.78, 5) is 13.3. The van der Waals surface area contributed by atoms with E-state index in [4.69, 9.17) is 9.47 Å². The molecule has 2 aromatic rings. The van der Waals surface area contributed by atoms with Crippen LogP contribution < -0.4 is 14.8 Å². The van der Waals surface area contributed by atoms with Crippen molar-refractivity contribution in [3.8, 4) is 11.5 Å². The highest BCUT2D eigenvalue weighted by atomic mass is 32.2. The Kier molecular flexibility index (Phi) is 4.34. The van der Waals surface area contributed by atoms with Crippen molar-refractivity contribution in [1.82, 2.24) is 0 Å². The van der Waals surface area contributed by atoms with Gasteiger partial charge in [-0.2, -0.15) is 0 Å². The second kappa shape index (κ2) is 6.58. The fraction of sp³-hybridized carbons (Fsp3) is 0.118. The third-order valence-electron chi connectivity index (χ3n) is 3.21. The van der Waals surface area contributed by atoms with E-state index in [1.165, 1.54) is 11.0 Å². The number of carbonyl (C=O) groups is 1. The summed E-state index contributed by atoms with van der Waals surface area (Å²) < 4.78 is 10.5. The van der Waals surface area contributed by atoms with Crippen LogP contribution in [0, 0.1) is 0 Å². The van der Waals surface area contributed by atoms with E-state index in [9.17, 15) is 4.79 Å². The molecule has 0 aliphatic carbocycles. The van der Waals surface area contributed by atoms with Crippen LogP contribution in [0.25, 0.3) is 0 Å². The van der Waals surface area contributed by atoms with Gasteiger partial charge >= 0.3 is 0 Å². The number of hydrogen-bond acceptors (Lipinski definition) is 5. The lowest BCUT2D eigenvalue weighted by Gasteiger charge is -2.03. The van der Waals surface area contributed by atoms with Crippen molar-refractivity contribution >= 4 is 23.2 Å². The summed E-state index contributed by atoms with van der Waals surface area (Å²) in [6, 6.07) is 13.2. The van der Waals surface area contributed by atoms with Crippen LogP contribution in [-0.4, -0.2) is 18.8 Å². The molecule has 0 bridgehead atoms. The van der Waals surface area contributed by atoms with Crippen LogP contribution in [0.15, 0.2) is 59.6 Å². The molecule has 0 amide bonds. The molecule has 3 rings (SSSR count). The smallest absolute Gasteiger partial charge is 0.231 e. The highest BCUT2D eigenvalue weighted by Crippen LogP contribution is 2.32. The maximum Gasteiger partial charge on any atom is 0.231 e. The summed E-state index contributed by atoms with van der Waals surface area (Å²) in [5.74, 6) is 1.19. The lowest BCUT2D eigenvalue weighted by Crippen LogP contribution is -1.96. The summed E-state index contributed by atoms with van der Waals surface area (Å²) in [5.41, 5.74) is 1.52. The molecule has 0 saturated heterocycles. The van der Waals surface area contributed by atoms with Gasteiger partial charge in [-0.15, -0.1) is 11.8 Å². The monoisotopic (exact) mass is 313 g/mol. The van der Waals surface area contributed by atoms with Gasteiger partial charge < -0.3 is 14.8 Å². The fourth-order valence-electron chi connectivity index (χ4n) is 2.07. The number of ketones is 1. The average molecular weight is 313 g/mol. The summed E-state index contributed by atoms with van der Waals surface area (Å²) in [6.45, 7) is 0.205. The van der Waals surface area contributed by atoms with Crippen LogP contribution >= 0.6 is 11.8 Å². The average Bonchev–Trinajstić information content (AvgIpc) is 3.02. The molecule has 5 heteroatoms. The van der Waals surface area contributed by atoms with Crippen LogP contribution in [0.3, 0.4) is 0 Å². The van der Waals surface area contributed by atoms with Crippen molar-refractivity contribution in [2.75, 3.05) is 18.4 Å². The van der Waals surface area contributed by atoms with E-state index < -0.39 is 0 Å². The van der Waals surface area contributed by atoms with Crippen LogP contribution in [-0.2, 0) is 0 Å². The first-order valence-corrected chi connectivity index (χ1v) is 8.00. The number of ether oxygens (including phenoxy) is 2. The van der Waals surface area contributed by atoms with Gasteiger partial charge in [0.05, 0.1) is 0 Å². The highest BCUT2D eigenvalue weighted by Gasteiger charge is 2.14. The number of rotatable bonds is 5. The molecule has 1 aliphatic heterocycles. The Labute approximate surface area is 133 Å². The first-order valence-electron chi connectivity index (χ1n) is 6.77. The molecule has 1 N–H and O–H groups in total. The Morgan fingerprint density at radius 3 is 2.91 bits per heavy atom. The van der Waals surface area contributed by atoms with Crippen molar-refractivity contribution in [3.05, 3.63) is 60.3 Å². The van der Waals surface area contributed by atoms with Gasteiger partial charge in [0.25, 0.3) is 0 Å². The standard InChI is InChI=1S/C17H15NO3S/c1-22-14-4-2-3-13(10-14)18-8-7-15(19)12-5-6-16-17(9-12)21-11-20-16/h2-10,18H,11H2,1H3/b8-7+. The molecular formula is C17H15NO3S. The molecular weight excluding hydrogens is 298 g/mol. The van der Waals surface area contributed by atoms with E-state index in [1.54, 1.807) is 36.2 Å². The van der Waals surface area contributed by atoms with E-state index in [2.05, 4.69) is 5.32 Å². The number of nitrogens with one attached hydrogen (secondary N) is 1. The summed E-state index contributed by atoms with van der Waals surface area (Å²) >= 11 is 1.67. The molecule has 1 aliphatic rings. The first-order chi connectivity index (χ1) is 10.8. The Morgan fingerprint density at radius 2 is 2.05 bits per heavy atom. The van der Waals surface area contributed by atoms with Crippen molar-refractivity contribution < 1.29 is 14.3 Å². The zero-order chi connectivity index (χ0) is 15.4. The van der Waals surface area contributed by atoms with Gasteiger partial charge in [-0.1, -0.05) is 6.07 Å². The molecule has 0 radical (unpaired) electrons. The second-order valence-corrected chi connectivity index (χ2v) is 5.52. The van der Waals surface area contributed by atoms with E-state index in [0.29, 0.717) is 17.1 Å². The SMILES string of the molecule is CSc1cccc(N/C=C/C(=O)c2ccc3c(c2)OCO3)c1. The first kappa shape index (κ1) is 14.5. The van der Waals surface area contributed by atoms with E-state index in [-0.39, 0.29) is 12.6 Å². The van der Waals surface area contributed by atoms with Crippen molar-refractivity contribution in [3.63, 3.8) is 0 Å². The molecule has 0 spiro atoms. The minimum absolute atomic E-state index is 0.0909. The van der Waals surface area contributed by atoms with Crippen molar-refractivity contribution in [2.24, 2.45) is 0 Å². The lowest BCUT2D eigenvalue weighted by atomic mass is 10.1. The zero-order valence-electron chi connectivity index (χ0n) is 12.0. The lowest BCUT2D eigenvalue weighted by molar-refractivity contribution is 0.104. The third-order valence-corrected chi connectivity index (χ3v) is 3.94. The molecule has 0 aromatic heterocycles. The quantitative estimate of drug-likeness (QED) is 0.514. The maximum absolute atomic E-state index is 12.1. The van der Waals surface area contributed by atoms with Gasteiger partial charge in [-0.05, 0) is 42.7 Å². The Morgan fingerprint density at radius 1 is 1.18 bits per heavy atom. The van der Waals surface area contributed by atoms with Gasteiger partial charge in [0.2, 0.25) is 6.79 Å². The molecule has 0 saturated carbocycles. The number of allylic oxidation sites excluding steroid dienone is 1. The Hall–Kier alpha value is -2.40. The van der Waals surface area contributed by atoms with Crippen LogP contribution in [0.1, 0.15) is 10.4 Å². The minimum Gasteiger partial charge on any atom is -0.454 e. The second-order valence-electron chi connectivity index (χ2n) is 4.64. The van der Waals surface area contributed by atoms with Gasteiger partial charge in [0.15, 0.2) is 17.3 Å². The topological polar surface area (TPSA) is 47.6 Å². The number of thioether (sulfide) groups is 1. The predicted molar refractivity (Wildman–Crippen MR) is 87.9 cm³/mol. The molecule has 112 valence electrons. The minimum atomic E-state index is -0.0909. The summed E-state index contributed by atoms with van der Waals surface area (Å²) in [6.07, 6.45) is 5.17. The number of carbonyl (C=O) groups excluding carboxylic acids is 1. The molecule has 0 atom stereocenters. The van der Waals surface area contributed by atoms with Crippen molar-refractivity contribution in [2.45, 2.75) is 4.90 Å². The summed E-state index contributed by atoms with van der Waals surface area (Å²) in [5, 5.41) is 3.10. The van der Waals surface area contributed by atoms with E-state index in [0.717, 1.165) is 5.69 Å². The third kappa shape index (κ3) is 3.26. The number of benzene rings is 2. The molecule has 0 fully saturated rings. The van der Waals surface area contributed by atoms with E-state index >= 15 is 0 Å². The summed E-state index contributed by atoms with van der Waals surface area (Å²) in [7, 11) is 0. The maximum atomic E-state index is 12.1. The van der Waals surface area contributed by atoms with Gasteiger partial charge in [-0.25, -0.2) is 0 Å². The van der Waals surface area contributed by atoms with E-state index in [1.807, 2.05) is 30.5 Å². The Bertz CT molecular complexity index is 728. The van der Waals surface area contributed by atoms with Crippen LogP contribution in [0.4, 0.5) is 5.69 Å². The van der Waals surface area contributed by atoms with Crippen LogP contribution in [0.5, 0.6) is 11.5 Å². The molecule has 4 nitrogen and oxygen atoms in total. The normalized spacial score (nSPS) is 12.6. The molecule has 1 heterocycles. The number of hydrogen-bond donors (Lipinski definition) is 1. The molecule has 2 aromatic carbocycles. The number of anilines is 1. The van der Waals surface area contributed by atoms with Gasteiger partial charge in [0, 0.05) is 28.4 Å². The van der Waals surface area contributed by atoms with Gasteiger partial charge in [-0.3, -0.25) is 4.79 Å². The van der Waals surface area contributed by atoms with Gasteiger partial charge in [0.1, 0.15) is 0 Å². The Balaban J connectivity index is 1.66. The van der Waals surface area contributed by atoms with Crippen LogP contribution in [0.2, 0.25) is 0 Å². The highest BCUT2D eigenvalue weighted by molar-refractivity contribution is 7.98. The molecule has 0 unspecified atom stereocenters. The predicted octanol–water partition coefficient (Wildman–Crippen LogP) is 3.95. The molecule has 22 heavy (non-hydrogen) atoms. The largest absolute Gasteiger partial charge is 0.454 e. The zero-order valence-corrected chi connectivity index (χ0v) is 12.9. The number of fused-ring (bicyclic) bond motifs is 1. The fourth-order valence-corrected chi connectivity index (χ4v) is 2.53. The van der Waals surface area contributed by atoms with Crippen molar-refractivity contribution in [1.29, 1.82) is 0 Å².